The maximum atomic E-state index is 12.5. The molecule has 1 aromatic heterocycles. The lowest BCUT2D eigenvalue weighted by molar-refractivity contribution is 0.0950. The number of H-pyrrole nitrogens is 1. The van der Waals surface area contributed by atoms with Crippen LogP contribution in [0.25, 0.3) is 22.0 Å². The normalized spacial score (nSPS) is 11.5. The first kappa shape index (κ1) is 19.4. The van der Waals surface area contributed by atoms with Gasteiger partial charge in [0.05, 0.1) is 18.0 Å². The third-order valence-corrected chi connectivity index (χ3v) is 4.78. The average Bonchev–Trinajstić information content (AvgIpc) is 3.28. The number of amides is 1. The van der Waals surface area contributed by atoms with E-state index in [1.165, 1.54) is 0 Å². The number of hydrogen-bond acceptors (Lipinski definition) is 4. The summed E-state index contributed by atoms with van der Waals surface area (Å²) in [7, 11) is 0. The highest BCUT2D eigenvalue weighted by Gasteiger charge is 2.11. The molecule has 0 saturated carbocycles. The number of benzene rings is 3. The van der Waals surface area contributed by atoms with Gasteiger partial charge in [0.1, 0.15) is 11.4 Å². The Hall–Kier alpha value is -3.93. The summed E-state index contributed by atoms with van der Waals surface area (Å²) in [6.07, 6.45) is 0. The molecule has 6 heteroatoms. The monoisotopic (exact) mass is 398 g/mol. The minimum atomic E-state index is -0.347. The van der Waals surface area contributed by atoms with Crippen LogP contribution in [0.4, 0.5) is 0 Å². The van der Waals surface area contributed by atoms with Crippen molar-refractivity contribution < 1.29 is 9.53 Å². The first-order valence-electron chi connectivity index (χ1n) is 9.76. The van der Waals surface area contributed by atoms with Gasteiger partial charge < -0.3 is 4.74 Å². The number of ether oxygens (including phenoxy) is 1. The molecule has 0 aliphatic carbocycles. The van der Waals surface area contributed by atoms with Gasteiger partial charge in [0, 0.05) is 5.56 Å². The third-order valence-electron chi connectivity index (χ3n) is 4.78. The Balaban J connectivity index is 1.46. The van der Waals surface area contributed by atoms with Gasteiger partial charge >= 0.3 is 0 Å². The minimum absolute atomic E-state index is 0.347. The molecule has 4 rings (SSSR count). The zero-order valence-corrected chi connectivity index (χ0v) is 16.8. The van der Waals surface area contributed by atoms with Gasteiger partial charge in [0.2, 0.25) is 0 Å². The van der Waals surface area contributed by atoms with Crippen molar-refractivity contribution in [3.05, 3.63) is 84.1 Å². The van der Waals surface area contributed by atoms with E-state index in [0.717, 1.165) is 27.6 Å². The van der Waals surface area contributed by atoms with Crippen LogP contribution >= 0.6 is 0 Å². The molecule has 150 valence electrons. The molecule has 0 fully saturated rings. The van der Waals surface area contributed by atoms with Crippen LogP contribution in [0.3, 0.4) is 0 Å². The van der Waals surface area contributed by atoms with Gasteiger partial charge in [-0.3, -0.25) is 9.89 Å². The van der Waals surface area contributed by atoms with Gasteiger partial charge in [0.25, 0.3) is 5.91 Å². The van der Waals surface area contributed by atoms with Crippen molar-refractivity contribution in [3.8, 4) is 17.0 Å². The summed E-state index contributed by atoms with van der Waals surface area (Å²) >= 11 is 0. The topological polar surface area (TPSA) is 79.4 Å². The lowest BCUT2D eigenvalue weighted by Crippen LogP contribution is -2.19. The van der Waals surface area contributed by atoms with Crippen LogP contribution in [-0.2, 0) is 0 Å². The molecule has 2 N–H and O–H groups in total. The molecule has 0 radical (unpaired) electrons. The lowest BCUT2D eigenvalue weighted by Gasteiger charge is -2.05. The summed E-state index contributed by atoms with van der Waals surface area (Å²) in [4.78, 5) is 12.5. The Kier molecular flexibility index (Phi) is 5.57. The second kappa shape index (κ2) is 8.61. The van der Waals surface area contributed by atoms with Crippen LogP contribution in [-0.4, -0.2) is 28.4 Å². The molecule has 4 aromatic rings. The van der Waals surface area contributed by atoms with Crippen LogP contribution in [0, 0.1) is 0 Å². The van der Waals surface area contributed by atoms with Crippen molar-refractivity contribution in [1.82, 2.24) is 15.6 Å². The zero-order valence-electron chi connectivity index (χ0n) is 16.8. The highest BCUT2D eigenvalue weighted by atomic mass is 16.5. The highest BCUT2D eigenvalue weighted by Crippen LogP contribution is 2.23. The van der Waals surface area contributed by atoms with E-state index >= 15 is 0 Å². The Morgan fingerprint density at radius 2 is 1.80 bits per heavy atom. The fraction of sp³-hybridized carbons (Fsp3) is 0.125. The van der Waals surface area contributed by atoms with Gasteiger partial charge in [0.15, 0.2) is 0 Å². The van der Waals surface area contributed by atoms with Crippen LogP contribution < -0.4 is 10.2 Å². The average molecular weight is 398 g/mol. The van der Waals surface area contributed by atoms with Crippen molar-refractivity contribution in [1.29, 1.82) is 0 Å². The number of aromatic nitrogens is 2. The fourth-order valence-corrected chi connectivity index (χ4v) is 3.15. The Morgan fingerprint density at radius 1 is 1.03 bits per heavy atom. The number of carbonyl (C=O) groups is 1. The Morgan fingerprint density at radius 3 is 2.57 bits per heavy atom. The van der Waals surface area contributed by atoms with Crippen LogP contribution in [0.5, 0.6) is 5.75 Å². The van der Waals surface area contributed by atoms with Gasteiger partial charge in [-0.1, -0.05) is 36.4 Å². The lowest BCUT2D eigenvalue weighted by atomic mass is 10.1. The number of carbonyl (C=O) groups excluding carboxylic acids is 1. The van der Waals surface area contributed by atoms with Crippen molar-refractivity contribution >= 4 is 22.4 Å². The first-order chi connectivity index (χ1) is 14.6. The quantitative estimate of drug-likeness (QED) is 0.362. The number of aromatic amines is 1. The molecule has 0 unspecified atom stereocenters. The van der Waals surface area contributed by atoms with Crippen molar-refractivity contribution in [2.45, 2.75) is 13.8 Å². The Labute approximate surface area is 174 Å². The number of nitrogens with one attached hydrogen (secondary N) is 2. The molecule has 0 saturated heterocycles. The van der Waals surface area contributed by atoms with E-state index in [-0.39, 0.29) is 5.91 Å². The predicted molar refractivity (Wildman–Crippen MR) is 119 cm³/mol. The summed E-state index contributed by atoms with van der Waals surface area (Å²) in [6, 6.07) is 23.5. The number of nitrogens with zero attached hydrogens (tertiary/aromatic N) is 2. The van der Waals surface area contributed by atoms with Crippen LogP contribution in [0.2, 0.25) is 0 Å². The smallest absolute Gasteiger partial charge is 0.289 e. The summed E-state index contributed by atoms with van der Waals surface area (Å²) in [6.45, 7) is 4.40. The van der Waals surface area contributed by atoms with Gasteiger partial charge in [-0.2, -0.15) is 10.2 Å². The summed E-state index contributed by atoms with van der Waals surface area (Å²) in [5.74, 6) is 0.455. The molecule has 0 bridgehead atoms. The molecule has 30 heavy (non-hydrogen) atoms. The molecule has 1 heterocycles. The molecule has 3 aromatic carbocycles. The SMILES string of the molecule is CCOc1ccc(/C(C)=N/NC(=O)c2cc(-c3ccc4ccccc4c3)n[nH]2)cc1. The minimum Gasteiger partial charge on any atom is -0.494 e. The second-order valence-corrected chi connectivity index (χ2v) is 6.82. The maximum Gasteiger partial charge on any atom is 0.289 e. The zero-order chi connectivity index (χ0) is 20.9. The number of fused-ring (bicyclic) bond motifs is 1. The van der Waals surface area contributed by atoms with E-state index in [2.05, 4.69) is 38.9 Å². The largest absolute Gasteiger partial charge is 0.494 e. The van der Waals surface area contributed by atoms with E-state index in [1.807, 2.05) is 62.4 Å². The number of hydrogen-bond donors (Lipinski definition) is 2. The van der Waals surface area contributed by atoms with Crippen molar-refractivity contribution in [2.75, 3.05) is 6.61 Å². The van der Waals surface area contributed by atoms with Gasteiger partial charge in [-0.05, 0) is 66.6 Å². The van der Waals surface area contributed by atoms with Crippen molar-refractivity contribution in [2.24, 2.45) is 5.10 Å². The van der Waals surface area contributed by atoms with E-state index in [4.69, 9.17) is 4.74 Å². The first-order valence-corrected chi connectivity index (χ1v) is 9.76. The molecule has 1 amide bonds. The third kappa shape index (κ3) is 4.22. The summed E-state index contributed by atoms with van der Waals surface area (Å²) in [5, 5.41) is 13.6. The molecular weight excluding hydrogens is 376 g/mol. The Bertz CT molecular complexity index is 1210. The van der Waals surface area contributed by atoms with E-state index in [9.17, 15) is 4.79 Å². The summed E-state index contributed by atoms with van der Waals surface area (Å²) < 4.78 is 5.44. The predicted octanol–water partition coefficient (Wildman–Crippen LogP) is 4.78. The molecule has 6 nitrogen and oxygen atoms in total. The maximum absolute atomic E-state index is 12.5. The van der Waals surface area contributed by atoms with Gasteiger partial charge in [-0.15, -0.1) is 0 Å². The second-order valence-electron chi connectivity index (χ2n) is 6.82. The van der Waals surface area contributed by atoms with Gasteiger partial charge in [-0.25, -0.2) is 5.43 Å². The molecule has 0 spiro atoms. The van der Waals surface area contributed by atoms with Crippen LogP contribution in [0.15, 0.2) is 77.9 Å². The molecule has 0 aliphatic heterocycles. The fourth-order valence-electron chi connectivity index (χ4n) is 3.15. The van der Waals surface area contributed by atoms with Crippen molar-refractivity contribution in [3.63, 3.8) is 0 Å². The van der Waals surface area contributed by atoms with E-state index in [1.54, 1.807) is 6.07 Å². The van der Waals surface area contributed by atoms with E-state index in [0.29, 0.717) is 23.7 Å². The standard InChI is InChI=1S/C24H22N4O2/c1-3-30-21-12-10-17(11-13-21)16(2)25-28-24(29)23-15-22(26-27-23)20-9-8-18-6-4-5-7-19(18)14-20/h4-15H,3H2,1-2H3,(H,26,27)(H,28,29)/b25-16+. The number of hydrazone groups is 1. The summed E-state index contributed by atoms with van der Waals surface area (Å²) in [5.41, 5.74) is 6.17. The van der Waals surface area contributed by atoms with E-state index < -0.39 is 0 Å². The molecule has 0 aliphatic rings. The highest BCUT2D eigenvalue weighted by molar-refractivity contribution is 6.00. The number of rotatable bonds is 6. The molecular formula is C24H22N4O2. The molecule has 0 atom stereocenters. The van der Waals surface area contributed by atoms with Crippen LogP contribution in [0.1, 0.15) is 29.9 Å².